The van der Waals surface area contributed by atoms with Crippen molar-refractivity contribution in [3.8, 4) is 0 Å². The van der Waals surface area contributed by atoms with Crippen LogP contribution in [-0.2, 0) is 11.3 Å². The zero-order valence-electron chi connectivity index (χ0n) is 9.30. The fraction of sp³-hybridized carbons (Fsp3) is 0.0769. The number of cyclic esters (lactones) is 1. The van der Waals surface area contributed by atoms with Gasteiger partial charge in [0.15, 0.2) is 0 Å². The Bertz CT molecular complexity index is 619. The largest absolute Gasteiger partial charge is 0.457 e. The second-order valence-electron chi connectivity index (χ2n) is 3.88. The van der Waals surface area contributed by atoms with Crippen LogP contribution >= 0.6 is 11.3 Å². The van der Waals surface area contributed by atoms with Gasteiger partial charge in [0.25, 0.3) is 5.91 Å². The van der Waals surface area contributed by atoms with Crippen LogP contribution in [0.3, 0.4) is 0 Å². The summed E-state index contributed by atoms with van der Waals surface area (Å²) < 4.78 is 4.91. The summed E-state index contributed by atoms with van der Waals surface area (Å²) in [5, 5.41) is 4.64. The van der Waals surface area contributed by atoms with Crippen molar-refractivity contribution >= 4 is 28.9 Å². The molecule has 1 aliphatic heterocycles. The first kappa shape index (κ1) is 11.0. The first-order valence-corrected chi connectivity index (χ1v) is 6.27. The van der Waals surface area contributed by atoms with Crippen molar-refractivity contribution in [1.82, 2.24) is 0 Å². The molecule has 0 aliphatic carbocycles. The zero-order valence-corrected chi connectivity index (χ0v) is 10.1. The van der Waals surface area contributed by atoms with Crippen molar-refractivity contribution in [2.45, 2.75) is 6.61 Å². The van der Waals surface area contributed by atoms with Crippen LogP contribution in [0.25, 0.3) is 0 Å². The van der Waals surface area contributed by atoms with E-state index in [-0.39, 0.29) is 18.5 Å². The minimum atomic E-state index is -0.305. The molecule has 1 aliphatic rings. The van der Waals surface area contributed by atoms with E-state index in [0.29, 0.717) is 16.1 Å². The molecule has 1 amide bonds. The maximum absolute atomic E-state index is 11.8. The summed E-state index contributed by atoms with van der Waals surface area (Å²) in [5.41, 5.74) is 2.05. The lowest BCUT2D eigenvalue weighted by atomic mass is 10.1. The van der Waals surface area contributed by atoms with Crippen molar-refractivity contribution in [1.29, 1.82) is 0 Å². The Morgan fingerprint density at radius 2 is 2.22 bits per heavy atom. The molecule has 0 radical (unpaired) electrons. The predicted octanol–water partition coefficient (Wildman–Crippen LogP) is 2.67. The Labute approximate surface area is 107 Å². The van der Waals surface area contributed by atoms with E-state index in [1.54, 1.807) is 24.3 Å². The smallest absolute Gasteiger partial charge is 0.338 e. The maximum atomic E-state index is 11.8. The number of nitrogens with one attached hydrogen (secondary N) is 1. The third kappa shape index (κ3) is 1.89. The van der Waals surface area contributed by atoms with E-state index < -0.39 is 0 Å². The number of hydrogen-bond donors (Lipinski definition) is 1. The topological polar surface area (TPSA) is 55.4 Å². The number of benzene rings is 1. The molecular weight excluding hydrogens is 250 g/mol. The van der Waals surface area contributed by atoms with Crippen LogP contribution in [0.2, 0.25) is 0 Å². The second kappa shape index (κ2) is 4.27. The maximum Gasteiger partial charge on any atom is 0.338 e. The van der Waals surface area contributed by atoms with E-state index in [9.17, 15) is 9.59 Å². The highest BCUT2D eigenvalue weighted by Gasteiger charge is 2.21. The Morgan fingerprint density at radius 3 is 3.00 bits per heavy atom. The summed E-state index contributed by atoms with van der Waals surface area (Å²) in [4.78, 5) is 23.8. The highest BCUT2D eigenvalue weighted by molar-refractivity contribution is 7.12. The average Bonchev–Trinajstić information content (AvgIpc) is 2.99. The standard InChI is InChI=1S/C13H9NO3S/c15-12(11-2-1-5-18-11)14-9-3-4-10-8(6-9)7-17-13(10)16/h1-6H,7H2,(H,14,15). The molecule has 1 N–H and O–H groups in total. The Hall–Kier alpha value is -2.14. The summed E-state index contributed by atoms with van der Waals surface area (Å²) in [6, 6.07) is 8.74. The molecule has 4 nitrogen and oxygen atoms in total. The molecule has 18 heavy (non-hydrogen) atoms. The van der Waals surface area contributed by atoms with Crippen molar-refractivity contribution in [2.24, 2.45) is 0 Å². The molecule has 0 spiro atoms. The molecule has 2 aromatic rings. The third-order valence-electron chi connectivity index (χ3n) is 2.69. The molecule has 0 fully saturated rings. The Balaban J connectivity index is 1.82. The number of anilines is 1. The minimum Gasteiger partial charge on any atom is -0.457 e. The Morgan fingerprint density at radius 1 is 1.33 bits per heavy atom. The molecule has 0 saturated heterocycles. The number of rotatable bonds is 2. The van der Waals surface area contributed by atoms with Gasteiger partial charge in [-0.2, -0.15) is 0 Å². The molecule has 2 heterocycles. The van der Waals surface area contributed by atoms with E-state index in [0.717, 1.165) is 5.56 Å². The van der Waals surface area contributed by atoms with Crippen LogP contribution in [0.15, 0.2) is 35.7 Å². The van der Waals surface area contributed by atoms with E-state index in [4.69, 9.17) is 4.74 Å². The fourth-order valence-electron chi connectivity index (χ4n) is 1.81. The summed E-state index contributed by atoms with van der Waals surface area (Å²) in [6.45, 7) is 0.275. The lowest BCUT2D eigenvalue weighted by Crippen LogP contribution is -2.10. The summed E-state index contributed by atoms with van der Waals surface area (Å²) in [5.74, 6) is -0.448. The average molecular weight is 259 g/mol. The predicted molar refractivity (Wildman–Crippen MR) is 67.8 cm³/mol. The van der Waals surface area contributed by atoms with E-state index in [1.165, 1.54) is 11.3 Å². The first-order valence-electron chi connectivity index (χ1n) is 5.39. The number of hydrogen-bond acceptors (Lipinski definition) is 4. The van der Waals surface area contributed by atoms with Gasteiger partial charge >= 0.3 is 5.97 Å². The zero-order chi connectivity index (χ0) is 12.5. The molecule has 1 aromatic carbocycles. The molecule has 90 valence electrons. The summed E-state index contributed by atoms with van der Waals surface area (Å²) in [7, 11) is 0. The quantitative estimate of drug-likeness (QED) is 0.843. The number of esters is 1. The van der Waals surface area contributed by atoms with Gasteiger partial charge in [-0.05, 0) is 29.6 Å². The number of carbonyl (C=O) groups excluding carboxylic acids is 2. The van der Waals surface area contributed by atoms with Gasteiger partial charge in [-0.1, -0.05) is 6.07 Å². The molecule has 0 bridgehead atoms. The van der Waals surface area contributed by atoms with Gasteiger partial charge in [-0.25, -0.2) is 4.79 Å². The van der Waals surface area contributed by atoms with E-state index in [1.807, 2.05) is 11.4 Å². The van der Waals surface area contributed by atoms with Gasteiger partial charge in [-0.3, -0.25) is 4.79 Å². The van der Waals surface area contributed by atoms with Gasteiger partial charge in [-0.15, -0.1) is 11.3 Å². The summed E-state index contributed by atoms with van der Waals surface area (Å²) in [6.07, 6.45) is 0. The number of amides is 1. The number of thiophene rings is 1. The van der Waals surface area contributed by atoms with Crippen LogP contribution in [0, 0.1) is 0 Å². The molecule has 0 unspecified atom stereocenters. The normalized spacial score (nSPS) is 13.0. The van der Waals surface area contributed by atoms with Crippen molar-refractivity contribution < 1.29 is 14.3 Å². The monoisotopic (exact) mass is 259 g/mol. The number of carbonyl (C=O) groups is 2. The van der Waals surface area contributed by atoms with Crippen LogP contribution in [-0.4, -0.2) is 11.9 Å². The molecule has 5 heteroatoms. The van der Waals surface area contributed by atoms with Crippen LogP contribution < -0.4 is 5.32 Å². The lowest BCUT2D eigenvalue weighted by Gasteiger charge is -2.04. The molecular formula is C13H9NO3S. The van der Waals surface area contributed by atoms with E-state index in [2.05, 4.69) is 5.32 Å². The number of fused-ring (bicyclic) bond motifs is 1. The van der Waals surface area contributed by atoms with Gasteiger partial charge in [0.2, 0.25) is 0 Å². The lowest BCUT2D eigenvalue weighted by molar-refractivity contribution is 0.0535. The minimum absolute atomic E-state index is 0.143. The molecule has 1 aromatic heterocycles. The SMILES string of the molecule is O=C(Nc1ccc2c(c1)COC2=O)c1cccs1. The number of ether oxygens (including phenoxy) is 1. The second-order valence-corrected chi connectivity index (χ2v) is 4.83. The van der Waals surface area contributed by atoms with Gasteiger partial charge in [0.1, 0.15) is 6.61 Å². The van der Waals surface area contributed by atoms with Crippen molar-refractivity contribution in [3.05, 3.63) is 51.7 Å². The van der Waals surface area contributed by atoms with Crippen LogP contribution in [0.4, 0.5) is 5.69 Å². The van der Waals surface area contributed by atoms with Gasteiger partial charge in [0, 0.05) is 11.3 Å². The highest BCUT2D eigenvalue weighted by atomic mass is 32.1. The van der Waals surface area contributed by atoms with Crippen LogP contribution in [0.1, 0.15) is 25.6 Å². The first-order chi connectivity index (χ1) is 8.74. The Kier molecular flexibility index (Phi) is 2.60. The molecule has 3 rings (SSSR count). The van der Waals surface area contributed by atoms with Crippen molar-refractivity contribution in [3.63, 3.8) is 0 Å². The van der Waals surface area contributed by atoms with Crippen molar-refractivity contribution in [2.75, 3.05) is 5.32 Å². The van der Waals surface area contributed by atoms with Crippen LogP contribution in [0.5, 0.6) is 0 Å². The van der Waals surface area contributed by atoms with E-state index >= 15 is 0 Å². The highest BCUT2D eigenvalue weighted by Crippen LogP contribution is 2.23. The van der Waals surface area contributed by atoms with Gasteiger partial charge in [0.05, 0.1) is 10.4 Å². The third-order valence-corrected chi connectivity index (χ3v) is 3.56. The summed E-state index contributed by atoms with van der Waals surface area (Å²) >= 11 is 1.39. The molecule has 0 atom stereocenters. The fourth-order valence-corrected chi connectivity index (χ4v) is 2.43. The van der Waals surface area contributed by atoms with Gasteiger partial charge < -0.3 is 10.1 Å². The molecule has 0 saturated carbocycles.